The number of esters is 1. The Balaban J connectivity index is 1.71. The SMILES string of the molecule is C=CCCCCOC(=O)[C@@H]1[C@H]2C(=O)N(CCCCCCO)C(C(=O)N(CC=C)c3cc(C)ccc3C)C23CC[C@@]1(CC)O3. The van der Waals surface area contributed by atoms with Crippen molar-refractivity contribution in [3.8, 4) is 0 Å². The highest BCUT2D eigenvalue weighted by atomic mass is 16.6. The van der Waals surface area contributed by atoms with Crippen molar-refractivity contribution in [1.29, 1.82) is 0 Å². The summed E-state index contributed by atoms with van der Waals surface area (Å²) in [7, 11) is 0. The molecule has 0 radical (unpaired) electrons. The Morgan fingerprint density at radius 1 is 1.12 bits per heavy atom. The monoisotopic (exact) mass is 594 g/mol. The summed E-state index contributed by atoms with van der Waals surface area (Å²) >= 11 is 0. The molecule has 3 aliphatic heterocycles. The van der Waals surface area contributed by atoms with Crippen LogP contribution in [0.3, 0.4) is 0 Å². The molecule has 1 N–H and O–H groups in total. The van der Waals surface area contributed by atoms with Crippen molar-refractivity contribution in [1.82, 2.24) is 4.90 Å². The molecule has 1 aromatic carbocycles. The standard InChI is InChI=1S/C35H50N2O6/c1-6-9-10-15-23-42-33(41)29-28-31(39)37(21-13-11-12-14-22-38)30(35(28)19-18-34(29,8-3)43-35)32(40)36(20-7-2)27-24-25(4)16-17-26(27)5/h6-7,16-17,24,28-30,38H,1-2,8-15,18-23H2,3-5H3/t28-,29-,30?,34+,35?/m0/s1. The molecule has 2 bridgehead atoms. The van der Waals surface area contributed by atoms with Crippen LogP contribution in [0.4, 0.5) is 5.69 Å². The number of aliphatic hydroxyl groups excluding tert-OH is 1. The maximum atomic E-state index is 14.8. The summed E-state index contributed by atoms with van der Waals surface area (Å²) in [4.78, 5) is 46.4. The lowest BCUT2D eigenvalue weighted by atomic mass is 9.65. The summed E-state index contributed by atoms with van der Waals surface area (Å²) in [5.41, 5.74) is 0.842. The number of rotatable bonds is 17. The van der Waals surface area contributed by atoms with E-state index in [1.807, 2.05) is 45.0 Å². The molecule has 0 aromatic heterocycles. The fraction of sp³-hybridized carbons (Fsp3) is 0.629. The fourth-order valence-corrected chi connectivity index (χ4v) is 7.59. The molecule has 3 aliphatic rings. The van der Waals surface area contributed by atoms with Gasteiger partial charge in [-0.15, -0.1) is 13.2 Å². The lowest BCUT2D eigenvalue weighted by molar-refractivity contribution is -0.161. The van der Waals surface area contributed by atoms with Crippen LogP contribution in [0.5, 0.6) is 0 Å². The third-order valence-electron chi connectivity index (χ3n) is 9.76. The number of allylic oxidation sites excluding steroid dienone is 1. The third kappa shape index (κ3) is 6.18. The Labute approximate surface area is 257 Å². The number of unbranched alkanes of at least 4 members (excludes halogenated alkanes) is 5. The number of nitrogens with zero attached hydrogens (tertiary/aromatic N) is 2. The van der Waals surface area contributed by atoms with Gasteiger partial charge in [0.25, 0.3) is 5.91 Å². The van der Waals surface area contributed by atoms with Crippen molar-refractivity contribution in [2.75, 3.05) is 31.2 Å². The van der Waals surface area contributed by atoms with E-state index >= 15 is 0 Å². The van der Waals surface area contributed by atoms with E-state index in [1.54, 1.807) is 15.9 Å². The summed E-state index contributed by atoms with van der Waals surface area (Å²) in [6, 6.07) is 5.15. The van der Waals surface area contributed by atoms with Crippen molar-refractivity contribution < 1.29 is 29.0 Å². The minimum absolute atomic E-state index is 0.131. The average Bonchev–Trinajstić information content (AvgIpc) is 3.60. The maximum Gasteiger partial charge on any atom is 0.312 e. The van der Waals surface area contributed by atoms with E-state index in [-0.39, 0.29) is 31.6 Å². The first-order valence-electron chi connectivity index (χ1n) is 16.1. The predicted octanol–water partition coefficient (Wildman–Crippen LogP) is 5.43. The number of carbonyl (C=O) groups is 3. The van der Waals surface area contributed by atoms with Crippen LogP contribution in [-0.4, -0.2) is 71.3 Å². The maximum absolute atomic E-state index is 14.8. The largest absolute Gasteiger partial charge is 0.465 e. The zero-order chi connectivity index (χ0) is 31.2. The Morgan fingerprint density at radius 3 is 2.58 bits per heavy atom. The van der Waals surface area contributed by atoms with Crippen molar-refractivity contribution in [3.63, 3.8) is 0 Å². The van der Waals surface area contributed by atoms with Crippen molar-refractivity contribution in [2.24, 2.45) is 11.8 Å². The van der Waals surface area contributed by atoms with Crippen LogP contribution in [-0.2, 0) is 23.9 Å². The van der Waals surface area contributed by atoms with Gasteiger partial charge in [0.05, 0.1) is 18.1 Å². The quantitative estimate of drug-likeness (QED) is 0.147. The molecule has 1 spiro atoms. The Bertz CT molecular complexity index is 1200. The number of ether oxygens (including phenoxy) is 2. The summed E-state index contributed by atoms with van der Waals surface area (Å²) in [6.07, 6.45) is 10.8. The molecule has 2 unspecified atom stereocenters. The number of aryl methyl sites for hydroxylation is 2. The molecule has 3 saturated heterocycles. The first-order chi connectivity index (χ1) is 20.7. The van der Waals surface area contributed by atoms with Crippen LogP contribution < -0.4 is 4.90 Å². The highest BCUT2D eigenvalue weighted by Gasteiger charge is 2.79. The fourth-order valence-electron chi connectivity index (χ4n) is 7.59. The predicted molar refractivity (Wildman–Crippen MR) is 168 cm³/mol. The van der Waals surface area contributed by atoms with E-state index in [0.29, 0.717) is 38.6 Å². The molecule has 5 atom stereocenters. The zero-order valence-electron chi connectivity index (χ0n) is 26.3. The molecular formula is C35H50N2O6. The van der Waals surface area contributed by atoms with Crippen molar-refractivity contribution in [3.05, 3.63) is 54.6 Å². The van der Waals surface area contributed by atoms with E-state index in [9.17, 15) is 19.5 Å². The van der Waals surface area contributed by atoms with Crippen molar-refractivity contribution in [2.45, 2.75) is 102 Å². The second-order valence-electron chi connectivity index (χ2n) is 12.5. The van der Waals surface area contributed by atoms with E-state index in [2.05, 4.69) is 13.2 Å². The molecular weight excluding hydrogens is 544 g/mol. The summed E-state index contributed by atoms with van der Waals surface area (Å²) in [6.45, 7) is 14.7. The molecule has 8 heteroatoms. The van der Waals surface area contributed by atoms with E-state index in [4.69, 9.17) is 9.47 Å². The van der Waals surface area contributed by atoms with Gasteiger partial charge in [0.1, 0.15) is 17.6 Å². The zero-order valence-corrected chi connectivity index (χ0v) is 26.3. The summed E-state index contributed by atoms with van der Waals surface area (Å²) in [5.74, 6) is -2.30. The third-order valence-corrected chi connectivity index (χ3v) is 9.76. The lowest BCUT2D eigenvalue weighted by Crippen LogP contribution is -2.56. The second-order valence-corrected chi connectivity index (χ2v) is 12.5. The number of fused-ring (bicyclic) bond motifs is 1. The van der Waals surface area contributed by atoms with Gasteiger partial charge in [0, 0.05) is 25.4 Å². The van der Waals surface area contributed by atoms with Crippen molar-refractivity contribution >= 4 is 23.5 Å². The topological polar surface area (TPSA) is 96.4 Å². The first kappa shape index (κ1) is 32.9. The molecule has 1 aromatic rings. The average molecular weight is 595 g/mol. The van der Waals surface area contributed by atoms with E-state index in [0.717, 1.165) is 48.9 Å². The van der Waals surface area contributed by atoms with Crippen LogP contribution in [0, 0.1) is 25.7 Å². The van der Waals surface area contributed by atoms with Crippen LogP contribution in [0.2, 0.25) is 0 Å². The number of anilines is 1. The summed E-state index contributed by atoms with van der Waals surface area (Å²) in [5, 5.41) is 9.22. The minimum atomic E-state index is -1.10. The molecule has 236 valence electrons. The number of hydrogen-bond donors (Lipinski definition) is 1. The van der Waals surface area contributed by atoms with Gasteiger partial charge in [-0.3, -0.25) is 14.4 Å². The molecule has 3 fully saturated rings. The van der Waals surface area contributed by atoms with Gasteiger partial charge in [0.2, 0.25) is 5.91 Å². The molecule has 0 saturated carbocycles. The second kappa shape index (κ2) is 14.2. The van der Waals surface area contributed by atoms with Gasteiger partial charge in [-0.2, -0.15) is 0 Å². The van der Waals surface area contributed by atoms with Crippen LogP contribution in [0.1, 0.15) is 82.3 Å². The highest BCUT2D eigenvalue weighted by molar-refractivity contribution is 6.05. The Hall–Kier alpha value is -2.97. The molecule has 4 rings (SSSR count). The van der Waals surface area contributed by atoms with Gasteiger partial charge in [-0.05, 0) is 82.4 Å². The molecule has 3 heterocycles. The molecule has 2 amide bonds. The number of carbonyl (C=O) groups excluding carboxylic acids is 3. The van der Waals surface area contributed by atoms with Gasteiger partial charge < -0.3 is 24.4 Å². The van der Waals surface area contributed by atoms with Gasteiger partial charge in [0.15, 0.2) is 0 Å². The van der Waals surface area contributed by atoms with Crippen LogP contribution in [0.15, 0.2) is 43.5 Å². The van der Waals surface area contributed by atoms with Crippen LogP contribution in [0.25, 0.3) is 0 Å². The number of aliphatic hydroxyl groups is 1. The molecule has 0 aliphatic carbocycles. The minimum Gasteiger partial charge on any atom is -0.465 e. The smallest absolute Gasteiger partial charge is 0.312 e. The van der Waals surface area contributed by atoms with Gasteiger partial charge in [-0.1, -0.05) is 44.1 Å². The van der Waals surface area contributed by atoms with Crippen LogP contribution >= 0.6 is 0 Å². The number of benzene rings is 1. The highest BCUT2D eigenvalue weighted by Crippen LogP contribution is 2.64. The van der Waals surface area contributed by atoms with Gasteiger partial charge >= 0.3 is 5.97 Å². The number of hydrogen-bond acceptors (Lipinski definition) is 6. The van der Waals surface area contributed by atoms with E-state index in [1.165, 1.54) is 0 Å². The normalized spacial score (nSPS) is 27.3. The van der Waals surface area contributed by atoms with E-state index < -0.39 is 35.0 Å². The molecule has 43 heavy (non-hydrogen) atoms. The number of likely N-dealkylation sites (tertiary alicyclic amines) is 1. The van der Waals surface area contributed by atoms with Gasteiger partial charge in [-0.25, -0.2) is 0 Å². The summed E-state index contributed by atoms with van der Waals surface area (Å²) < 4.78 is 12.7. The molecule has 8 nitrogen and oxygen atoms in total. The lowest BCUT2D eigenvalue weighted by Gasteiger charge is -2.37. The first-order valence-corrected chi connectivity index (χ1v) is 16.1. The number of amides is 2. The Morgan fingerprint density at radius 2 is 1.88 bits per heavy atom. The Kier molecular flexibility index (Phi) is 10.9.